The number of fused-ring (bicyclic) bond motifs is 1. The second kappa shape index (κ2) is 6.42. The number of carbonyl (C=O) groups is 1. The van der Waals surface area contributed by atoms with Crippen molar-refractivity contribution in [2.24, 2.45) is 0 Å². The Bertz CT molecular complexity index is 594. The van der Waals surface area contributed by atoms with Crippen LogP contribution in [0.4, 0.5) is 5.69 Å². The molecule has 0 fully saturated rings. The zero-order chi connectivity index (χ0) is 14.5. The van der Waals surface area contributed by atoms with E-state index in [9.17, 15) is 4.79 Å². The zero-order valence-electron chi connectivity index (χ0n) is 12.3. The van der Waals surface area contributed by atoms with Crippen LogP contribution in [0.2, 0.25) is 0 Å². The molecule has 0 spiro atoms. The van der Waals surface area contributed by atoms with E-state index in [1.54, 1.807) is 0 Å². The van der Waals surface area contributed by atoms with Gasteiger partial charge in [-0.3, -0.25) is 4.79 Å². The molecule has 1 amide bonds. The van der Waals surface area contributed by atoms with Crippen LogP contribution in [-0.4, -0.2) is 18.0 Å². The third-order valence-corrected chi connectivity index (χ3v) is 3.53. The average Bonchev–Trinajstić information content (AvgIpc) is 2.46. The molecule has 3 nitrogen and oxygen atoms in total. The normalized spacial score (nSPS) is 13.8. The number of amides is 1. The quantitative estimate of drug-likeness (QED) is 0.872. The van der Waals surface area contributed by atoms with E-state index in [4.69, 9.17) is 0 Å². The third kappa shape index (κ3) is 3.50. The van der Waals surface area contributed by atoms with E-state index in [0.29, 0.717) is 0 Å². The van der Waals surface area contributed by atoms with Crippen LogP contribution in [0.15, 0.2) is 42.5 Å². The minimum Gasteiger partial charge on any atom is -0.374 e. The molecule has 0 aromatic heterocycles. The predicted molar refractivity (Wildman–Crippen MR) is 84.9 cm³/mol. The van der Waals surface area contributed by atoms with Gasteiger partial charge in [-0.15, -0.1) is 0 Å². The van der Waals surface area contributed by atoms with E-state index in [1.165, 1.54) is 10.8 Å². The molecule has 0 aliphatic carbocycles. The molecule has 0 radical (unpaired) electrons. The van der Waals surface area contributed by atoms with Crippen molar-refractivity contribution in [3.05, 3.63) is 42.5 Å². The second-order valence-corrected chi connectivity index (χ2v) is 5.25. The summed E-state index contributed by atoms with van der Waals surface area (Å²) in [6, 6.07) is 14.3. The van der Waals surface area contributed by atoms with Gasteiger partial charge < -0.3 is 10.6 Å². The molecule has 2 unspecified atom stereocenters. The summed E-state index contributed by atoms with van der Waals surface area (Å²) in [5, 5.41) is 8.61. The fraction of sp³-hybridized carbons (Fsp3) is 0.353. The van der Waals surface area contributed by atoms with Crippen LogP contribution in [0.25, 0.3) is 10.8 Å². The fourth-order valence-corrected chi connectivity index (χ4v) is 2.06. The first-order chi connectivity index (χ1) is 9.60. The van der Waals surface area contributed by atoms with Crippen molar-refractivity contribution in [1.29, 1.82) is 0 Å². The largest absolute Gasteiger partial charge is 0.374 e. The lowest BCUT2D eigenvalue weighted by Crippen LogP contribution is -2.41. The summed E-state index contributed by atoms with van der Waals surface area (Å²) < 4.78 is 0. The Morgan fingerprint density at radius 1 is 1.10 bits per heavy atom. The highest BCUT2D eigenvalue weighted by Gasteiger charge is 2.14. The van der Waals surface area contributed by atoms with Crippen molar-refractivity contribution < 1.29 is 4.79 Å². The van der Waals surface area contributed by atoms with Gasteiger partial charge in [0.1, 0.15) is 6.04 Å². The van der Waals surface area contributed by atoms with Crippen LogP contribution < -0.4 is 10.6 Å². The van der Waals surface area contributed by atoms with Gasteiger partial charge in [0, 0.05) is 11.7 Å². The summed E-state index contributed by atoms with van der Waals surface area (Å²) in [5.41, 5.74) is 0.968. The van der Waals surface area contributed by atoms with Gasteiger partial charge >= 0.3 is 0 Å². The molecule has 0 saturated carbocycles. The maximum Gasteiger partial charge on any atom is 0.242 e. The molecule has 2 rings (SSSR count). The Kier molecular flexibility index (Phi) is 4.61. The van der Waals surface area contributed by atoms with E-state index in [1.807, 2.05) is 32.0 Å². The summed E-state index contributed by atoms with van der Waals surface area (Å²) in [6.07, 6.45) is 0.939. The Balaban J connectivity index is 2.05. The molecule has 106 valence electrons. The predicted octanol–water partition coefficient (Wildman–Crippen LogP) is 3.55. The van der Waals surface area contributed by atoms with Gasteiger partial charge in [-0.25, -0.2) is 0 Å². The van der Waals surface area contributed by atoms with Gasteiger partial charge in [-0.2, -0.15) is 0 Å². The van der Waals surface area contributed by atoms with Crippen molar-refractivity contribution in [3.8, 4) is 0 Å². The second-order valence-electron chi connectivity index (χ2n) is 5.25. The van der Waals surface area contributed by atoms with Crippen LogP contribution in [0.5, 0.6) is 0 Å². The molecule has 0 heterocycles. The Morgan fingerprint density at radius 3 is 2.50 bits per heavy atom. The van der Waals surface area contributed by atoms with E-state index in [0.717, 1.165) is 12.1 Å². The third-order valence-electron chi connectivity index (χ3n) is 3.53. The van der Waals surface area contributed by atoms with E-state index in [-0.39, 0.29) is 18.0 Å². The highest BCUT2D eigenvalue weighted by molar-refractivity contribution is 5.88. The SMILES string of the molecule is CCC(C)NC(=O)C(C)Nc1ccc2ccccc2c1. The van der Waals surface area contributed by atoms with Gasteiger partial charge in [0.05, 0.1) is 0 Å². The topological polar surface area (TPSA) is 41.1 Å². The Hall–Kier alpha value is -2.03. The van der Waals surface area contributed by atoms with E-state index < -0.39 is 0 Å². The number of hydrogen-bond donors (Lipinski definition) is 2. The maximum atomic E-state index is 12.0. The molecule has 0 aliphatic rings. The van der Waals surface area contributed by atoms with E-state index >= 15 is 0 Å². The minimum atomic E-state index is -0.245. The van der Waals surface area contributed by atoms with Crippen LogP contribution in [0, 0.1) is 0 Å². The van der Waals surface area contributed by atoms with Gasteiger partial charge in [-0.05, 0) is 43.2 Å². The molecule has 3 heteroatoms. The highest BCUT2D eigenvalue weighted by Crippen LogP contribution is 2.19. The average molecular weight is 270 g/mol. The number of benzene rings is 2. The van der Waals surface area contributed by atoms with Gasteiger partial charge in [0.2, 0.25) is 5.91 Å². The molecule has 0 bridgehead atoms. The number of nitrogens with one attached hydrogen (secondary N) is 2. The van der Waals surface area contributed by atoms with Crippen molar-refractivity contribution in [1.82, 2.24) is 5.32 Å². The Morgan fingerprint density at radius 2 is 1.80 bits per heavy atom. The molecule has 2 aromatic carbocycles. The molecule has 2 aromatic rings. The molecule has 2 atom stereocenters. The highest BCUT2D eigenvalue weighted by atomic mass is 16.2. The molecule has 0 aliphatic heterocycles. The number of rotatable bonds is 5. The molecule has 2 N–H and O–H groups in total. The number of carbonyl (C=O) groups excluding carboxylic acids is 1. The smallest absolute Gasteiger partial charge is 0.242 e. The maximum absolute atomic E-state index is 12.0. The fourth-order valence-electron chi connectivity index (χ4n) is 2.06. The summed E-state index contributed by atoms with van der Waals surface area (Å²) in [6.45, 7) is 5.96. The monoisotopic (exact) mass is 270 g/mol. The minimum absolute atomic E-state index is 0.0347. The molecular formula is C17H22N2O. The van der Waals surface area contributed by atoms with Gasteiger partial charge in [0.15, 0.2) is 0 Å². The Labute approximate surface area is 120 Å². The first kappa shape index (κ1) is 14.4. The van der Waals surface area contributed by atoms with Crippen LogP contribution in [0.1, 0.15) is 27.2 Å². The summed E-state index contributed by atoms with van der Waals surface area (Å²) in [5.74, 6) is 0.0347. The van der Waals surface area contributed by atoms with Crippen molar-refractivity contribution in [2.75, 3.05) is 5.32 Å². The standard InChI is InChI=1S/C17H22N2O/c1-4-12(2)18-17(20)13(3)19-16-10-9-14-7-5-6-8-15(14)11-16/h5-13,19H,4H2,1-3H3,(H,18,20). The van der Waals surface area contributed by atoms with Crippen LogP contribution in [-0.2, 0) is 4.79 Å². The van der Waals surface area contributed by atoms with Crippen molar-refractivity contribution >= 4 is 22.4 Å². The lowest BCUT2D eigenvalue weighted by Gasteiger charge is -2.18. The summed E-state index contributed by atoms with van der Waals surface area (Å²) in [4.78, 5) is 12.0. The van der Waals surface area contributed by atoms with Crippen molar-refractivity contribution in [3.63, 3.8) is 0 Å². The van der Waals surface area contributed by atoms with Crippen LogP contribution in [0.3, 0.4) is 0 Å². The lowest BCUT2D eigenvalue weighted by atomic mass is 10.1. The summed E-state index contributed by atoms with van der Waals surface area (Å²) in [7, 11) is 0. The van der Waals surface area contributed by atoms with Crippen LogP contribution >= 0.6 is 0 Å². The van der Waals surface area contributed by atoms with E-state index in [2.05, 4.69) is 41.8 Å². The first-order valence-electron chi connectivity index (χ1n) is 7.16. The molecule has 0 saturated heterocycles. The molecule has 20 heavy (non-hydrogen) atoms. The first-order valence-corrected chi connectivity index (χ1v) is 7.16. The zero-order valence-corrected chi connectivity index (χ0v) is 12.3. The van der Waals surface area contributed by atoms with Crippen molar-refractivity contribution in [2.45, 2.75) is 39.3 Å². The number of hydrogen-bond acceptors (Lipinski definition) is 2. The number of anilines is 1. The van der Waals surface area contributed by atoms with Gasteiger partial charge in [-0.1, -0.05) is 37.3 Å². The lowest BCUT2D eigenvalue weighted by molar-refractivity contribution is -0.122. The van der Waals surface area contributed by atoms with Gasteiger partial charge in [0.25, 0.3) is 0 Å². The summed E-state index contributed by atoms with van der Waals surface area (Å²) >= 11 is 0. The molecular weight excluding hydrogens is 248 g/mol.